The Labute approximate surface area is 98.3 Å². The summed E-state index contributed by atoms with van der Waals surface area (Å²) in [6, 6.07) is 2.11. The summed E-state index contributed by atoms with van der Waals surface area (Å²) < 4.78 is 13.4. The molecule has 0 aromatic heterocycles. The topological polar surface area (TPSA) is 81.2 Å². The van der Waals surface area contributed by atoms with E-state index in [9.17, 15) is 14.5 Å². The predicted molar refractivity (Wildman–Crippen MR) is 65.0 cm³/mol. The maximum absolute atomic E-state index is 13.4. The molecule has 0 radical (unpaired) electrons. The van der Waals surface area contributed by atoms with E-state index in [0.717, 1.165) is 18.7 Å². The van der Waals surface area contributed by atoms with Crippen LogP contribution >= 0.6 is 0 Å². The second-order valence-corrected chi connectivity index (χ2v) is 3.48. The van der Waals surface area contributed by atoms with E-state index in [-0.39, 0.29) is 16.9 Å². The van der Waals surface area contributed by atoms with Gasteiger partial charge in [0.1, 0.15) is 11.5 Å². The van der Waals surface area contributed by atoms with Crippen molar-refractivity contribution in [1.29, 1.82) is 0 Å². The van der Waals surface area contributed by atoms with Crippen molar-refractivity contribution in [3.05, 3.63) is 39.7 Å². The molecule has 6 heteroatoms. The smallest absolute Gasteiger partial charge is 0.292 e. The molecule has 3 N–H and O–H groups in total. The second-order valence-electron chi connectivity index (χ2n) is 3.48. The van der Waals surface area contributed by atoms with Crippen LogP contribution in [0.25, 0.3) is 6.08 Å². The molecule has 1 rings (SSSR count). The summed E-state index contributed by atoms with van der Waals surface area (Å²) >= 11 is 0. The van der Waals surface area contributed by atoms with Crippen LogP contribution in [0.1, 0.15) is 12.0 Å². The van der Waals surface area contributed by atoms with Gasteiger partial charge in [0.25, 0.3) is 5.69 Å². The van der Waals surface area contributed by atoms with Crippen molar-refractivity contribution in [2.24, 2.45) is 0 Å². The van der Waals surface area contributed by atoms with Gasteiger partial charge >= 0.3 is 0 Å². The first-order valence-corrected chi connectivity index (χ1v) is 5.10. The number of nitrogens with zero attached hydrogens (tertiary/aromatic N) is 1. The molecule has 0 aliphatic rings. The Bertz CT molecular complexity index is 447. The SMILES string of the molecule is CNCCC=Cc1cc([N+](=O)[O-])c(N)cc1F. The highest BCUT2D eigenvalue weighted by Crippen LogP contribution is 2.25. The van der Waals surface area contributed by atoms with Crippen molar-refractivity contribution >= 4 is 17.5 Å². The summed E-state index contributed by atoms with van der Waals surface area (Å²) in [6.07, 6.45) is 3.97. The molecule has 0 fully saturated rings. The highest BCUT2D eigenvalue weighted by atomic mass is 19.1. The van der Waals surface area contributed by atoms with E-state index in [1.807, 2.05) is 7.05 Å². The zero-order valence-corrected chi connectivity index (χ0v) is 9.44. The van der Waals surface area contributed by atoms with Crippen LogP contribution in [-0.2, 0) is 0 Å². The number of hydrogen-bond donors (Lipinski definition) is 2. The van der Waals surface area contributed by atoms with Gasteiger partial charge in [0, 0.05) is 17.7 Å². The van der Waals surface area contributed by atoms with Gasteiger partial charge in [-0.3, -0.25) is 10.1 Å². The number of nitro groups is 1. The van der Waals surface area contributed by atoms with E-state index >= 15 is 0 Å². The Kier molecular flexibility index (Phi) is 4.59. The maximum Gasteiger partial charge on any atom is 0.292 e. The van der Waals surface area contributed by atoms with Crippen LogP contribution < -0.4 is 11.1 Å². The summed E-state index contributed by atoms with van der Waals surface area (Å²) in [5, 5.41) is 13.6. The number of nitrogen functional groups attached to an aromatic ring is 1. The van der Waals surface area contributed by atoms with Crippen LogP contribution in [0.5, 0.6) is 0 Å². The number of hydrogen-bond acceptors (Lipinski definition) is 4. The van der Waals surface area contributed by atoms with Gasteiger partial charge in [-0.25, -0.2) is 4.39 Å². The van der Waals surface area contributed by atoms with E-state index < -0.39 is 10.7 Å². The van der Waals surface area contributed by atoms with Crippen LogP contribution in [0.4, 0.5) is 15.8 Å². The van der Waals surface area contributed by atoms with E-state index in [1.165, 1.54) is 6.08 Å². The summed E-state index contributed by atoms with van der Waals surface area (Å²) in [4.78, 5) is 10.0. The molecular formula is C11H14FN3O2. The molecule has 0 heterocycles. The molecule has 0 bridgehead atoms. The molecule has 0 amide bonds. The normalized spacial score (nSPS) is 10.9. The molecule has 0 atom stereocenters. The first-order valence-electron chi connectivity index (χ1n) is 5.10. The van der Waals surface area contributed by atoms with Crippen LogP contribution in [0.15, 0.2) is 18.2 Å². The van der Waals surface area contributed by atoms with Gasteiger partial charge in [-0.2, -0.15) is 0 Å². The minimum absolute atomic E-state index is 0.167. The van der Waals surface area contributed by atoms with Crippen molar-refractivity contribution in [2.75, 3.05) is 19.3 Å². The van der Waals surface area contributed by atoms with Gasteiger partial charge in [0.15, 0.2) is 0 Å². The summed E-state index contributed by atoms with van der Waals surface area (Å²) in [7, 11) is 1.81. The third-order valence-corrected chi connectivity index (χ3v) is 2.20. The van der Waals surface area contributed by atoms with Crippen LogP contribution in [0.3, 0.4) is 0 Å². The Hall–Kier alpha value is -1.95. The highest BCUT2D eigenvalue weighted by molar-refractivity contribution is 5.65. The third kappa shape index (κ3) is 3.53. The fourth-order valence-corrected chi connectivity index (χ4v) is 1.32. The van der Waals surface area contributed by atoms with Crippen LogP contribution in [-0.4, -0.2) is 18.5 Å². The minimum Gasteiger partial charge on any atom is -0.393 e. The van der Waals surface area contributed by atoms with Gasteiger partial charge in [-0.1, -0.05) is 12.2 Å². The van der Waals surface area contributed by atoms with Crippen molar-refractivity contribution in [2.45, 2.75) is 6.42 Å². The van der Waals surface area contributed by atoms with Gasteiger partial charge in [-0.15, -0.1) is 0 Å². The zero-order chi connectivity index (χ0) is 12.8. The fourth-order valence-electron chi connectivity index (χ4n) is 1.32. The fraction of sp³-hybridized carbons (Fsp3) is 0.273. The van der Waals surface area contributed by atoms with Gasteiger partial charge in [0.2, 0.25) is 0 Å². The first kappa shape index (κ1) is 13.1. The Morgan fingerprint density at radius 1 is 1.59 bits per heavy atom. The average molecular weight is 239 g/mol. The molecule has 92 valence electrons. The summed E-state index contributed by atoms with van der Waals surface area (Å²) in [5.74, 6) is -0.561. The lowest BCUT2D eigenvalue weighted by molar-refractivity contribution is -0.383. The number of halogens is 1. The molecule has 1 aromatic rings. The molecule has 0 aliphatic carbocycles. The molecule has 17 heavy (non-hydrogen) atoms. The largest absolute Gasteiger partial charge is 0.393 e. The number of benzene rings is 1. The summed E-state index contributed by atoms with van der Waals surface area (Å²) in [5.41, 5.74) is 5.08. The molecule has 0 unspecified atom stereocenters. The Balaban J connectivity index is 2.95. The summed E-state index contributed by atoms with van der Waals surface area (Å²) in [6.45, 7) is 0.759. The maximum atomic E-state index is 13.4. The number of anilines is 1. The third-order valence-electron chi connectivity index (χ3n) is 2.20. The van der Waals surface area contributed by atoms with E-state index in [2.05, 4.69) is 5.32 Å². The van der Waals surface area contributed by atoms with Crippen molar-refractivity contribution in [3.63, 3.8) is 0 Å². The lowest BCUT2D eigenvalue weighted by atomic mass is 10.1. The van der Waals surface area contributed by atoms with Crippen LogP contribution in [0, 0.1) is 15.9 Å². The van der Waals surface area contributed by atoms with Gasteiger partial charge in [0.05, 0.1) is 4.92 Å². The van der Waals surface area contributed by atoms with Crippen molar-refractivity contribution < 1.29 is 9.31 Å². The predicted octanol–water partition coefficient (Wildman–Crippen LogP) is 1.94. The zero-order valence-electron chi connectivity index (χ0n) is 9.44. The van der Waals surface area contributed by atoms with Crippen molar-refractivity contribution in [1.82, 2.24) is 5.32 Å². The first-order chi connectivity index (χ1) is 8.06. The molecule has 0 spiro atoms. The number of rotatable bonds is 5. The highest BCUT2D eigenvalue weighted by Gasteiger charge is 2.14. The van der Waals surface area contributed by atoms with Crippen molar-refractivity contribution in [3.8, 4) is 0 Å². The number of nitro benzene ring substituents is 1. The molecule has 5 nitrogen and oxygen atoms in total. The second kappa shape index (κ2) is 5.95. The lowest BCUT2D eigenvalue weighted by Crippen LogP contribution is -2.05. The van der Waals surface area contributed by atoms with Gasteiger partial charge in [-0.05, 0) is 20.0 Å². The van der Waals surface area contributed by atoms with E-state index in [0.29, 0.717) is 6.42 Å². The minimum atomic E-state index is -0.625. The molecular weight excluding hydrogens is 225 g/mol. The van der Waals surface area contributed by atoms with Gasteiger partial charge < -0.3 is 11.1 Å². The molecule has 0 aliphatic heterocycles. The molecule has 0 saturated heterocycles. The standard InChI is InChI=1S/C11H14FN3O2/c1-14-5-3-2-4-8-6-11(15(16)17)10(13)7-9(8)12/h2,4,6-7,14H,3,5,13H2,1H3. The Morgan fingerprint density at radius 2 is 2.29 bits per heavy atom. The Morgan fingerprint density at radius 3 is 2.88 bits per heavy atom. The lowest BCUT2D eigenvalue weighted by Gasteiger charge is -2.01. The quantitative estimate of drug-likeness (QED) is 0.356. The molecule has 0 saturated carbocycles. The average Bonchev–Trinajstić information content (AvgIpc) is 2.26. The van der Waals surface area contributed by atoms with Crippen LogP contribution in [0.2, 0.25) is 0 Å². The number of nitrogens with one attached hydrogen (secondary N) is 1. The number of nitrogens with two attached hydrogens (primary N) is 1. The molecule has 1 aromatic carbocycles. The monoisotopic (exact) mass is 239 g/mol. The van der Waals surface area contributed by atoms with E-state index in [4.69, 9.17) is 5.73 Å². The van der Waals surface area contributed by atoms with E-state index in [1.54, 1.807) is 6.08 Å².